The van der Waals surface area contributed by atoms with Crippen molar-refractivity contribution >= 4 is 27.5 Å². The van der Waals surface area contributed by atoms with Crippen LogP contribution in [0.2, 0.25) is 5.02 Å². The number of hydrogen-bond donors (Lipinski definition) is 2. The van der Waals surface area contributed by atoms with Crippen LogP contribution >= 0.6 is 11.6 Å². The Bertz CT molecular complexity index is 981. The molecule has 0 saturated heterocycles. The monoisotopic (exact) mass is 438 g/mol. The van der Waals surface area contributed by atoms with Gasteiger partial charge >= 0.3 is 6.18 Å². The molecule has 28 heavy (non-hydrogen) atoms. The first-order valence-corrected chi connectivity index (χ1v) is 9.68. The van der Waals surface area contributed by atoms with Crippen molar-refractivity contribution in [1.82, 2.24) is 10.0 Å². The Hall–Kier alpha value is -2.17. The Morgan fingerprint density at radius 1 is 1.18 bits per heavy atom. The van der Waals surface area contributed by atoms with E-state index in [2.05, 4.69) is 5.32 Å². The second kappa shape index (κ2) is 8.46. The zero-order valence-corrected chi connectivity index (χ0v) is 15.9. The summed E-state index contributed by atoms with van der Waals surface area (Å²) in [7, 11) is -4.53. The number of amides is 1. The van der Waals surface area contributed by atoms with Gasteiger partial charge in [0.05, 0.1) is 16.6 Å². The second-order valence-corrected chi connectivity index (χ2v) is 7.88. The summed E-state index contributed by atoms with van der Waals surface area (Å²) < 4.78 is 78.7. The smallest absolute Gasteiger partial charge is 0.351 e. The lowest BCUT2D eigenvalue weighted by atomic mass is 10.2. The molecule has 0 radical (unpaired) electrons. The second-order valence-electron chi connectivity index (χ2n) is 5.80. The van der Waals surface area contributed by atoms with Gasteiger partial charge in [-0.3, -0.25) is 4.79 Å². The maximum absolute atomic E-state index is 13.5. The van der Waals surface area contributed by atoms with Gasteiger partial charge in [-0.2, -0.15) is 17.9 Å². The Labute approximate surface area is 163 Å². The molecule has 0 saturated carbocycles. The number of carbonyl (C=O) groups is 1. The Morgan fingerprint density at radius 2 is 1.82 bits per heavy atom. The van der Waals surface area contributed by atoms with Crippen molar-refractivity contribution in [2.45, 2.75) is 30.6 Å². The molecule has 0 fully saturated rings. The van der Waals surface area contributed by atoms with Gasteiger partial charge in [0.25, 0.3) is 0 Å². The van der Waals surface area contributed by atoms with Gasteiger partial charge in [-0.15, -0.1) is 0 Å². The lowest BCUT2D eigenvalue weighted by molar-refractivity contribution is -0.137. The van der Waals surface area contributed by atoms with E-state index in [1.165, 1.54) is 25.1 Å². The molecular formula is C17H15ClF4N2O3S. The van der Waals surface area contributed by atoms with Crippen molar-refractivity contribution in [3.8, 4) is 0 Å². The molecule has 1 unspecified atom stereocenters. The number of rotatable bonds is 6. The molecule has 1 atom stereocenters. The number of halogens is 5. The van der Waals surface area contributed by atoms with Crippen molar-refractivity contribution < 1.29 is 30.8 Å². The molecule has 11 heteroatoms. The third-order valence-corrected chi connectivity index (χ3v) is 5.71. The van der Waals surface area contributed by atoms with Gasteiger partial charge in [0.1, 0.15) is 10.7 Å². The molecule has 0 bridgehead atoms. The molecule has 0 aliphatic carbocycles. The van der Waals surface area contributed by atoms with Crippen molar-refractivity contribution in [3.63, 3.8) is 0 Å². The van der Waals surface area contributed by atoms with Crippen LogP contribution in [0.4, 0.5) is 17.6 Å². The predicted octanol–water partition coefficient (Wildman–Crippen LogP) is 3.48. The SMILES string of the molecule is CC(NS(=O)(=O)c1cc(C(F)(F)F)ccc1Cl)C(=O)NCc1ccccc1F. The van der Waals surface area contributed by atoms with E-state index in [0.29, 0.717) is 12.1 Å². The van der Waals surface area contributed by atoms with E-state index in [-0.39, 0.29) is 12.1 Å². The standard InChI is InChI=1S/C17H15ClF4N2O3S/c1-10(16(25)23-9-11-4-2-3-5-14(11)19)24-28(26,27)15-8-12(17(20,21)22)6-7-13(15)18/h2-8,10,24H,9H2,1H3,(H,23,25). The van der Waals surface area contributed by atoms with Crippen molar-refractivity contribution in [1.29, 1.82) is 0 Å². The van der Waals surface area contributed by atoms with Gasteiger partial charge in [0, 0.05) is 12.1 Å². The Kier molecular flexibility index (Phi) is 6.68. The van der Waals surface area contributed by atoms with Crippen molar-refractivity contribution in [3.05, 3.63) is 64.4 Å². The van der Waals surface area contributed by atoms with Crippen molar-refractivity contribution in [2.24, 2.45) is 0 Å². The minimum absolute atomic E-state index is 0.187. The summed E-state index contributed by atoms with van der Waals surface area (Å²) in [6.45, 7) is 0.998. The van der Waals surface area contributed by atoms with Crippen LogP contribution in [-0.2, 0) is 27.5 Å². The molecule has 0 aliphatic heterocycles. The summed E-state index contributed by atoms with van der Waals surface area (Å²) in [5.74, 6) is -1.35. The van der Waals surface area contributed by atoms with Gasteiger partial charge in [-0.1, -0.05) is 29.8 Å². The molecule has 2 rings (SSSR count). The molecule has 0 heterocycles. The molecule has 2 aromatic carbocycles. The highest BCUT2D eigenvalue weighted by Crippen LogP contribution is 2.33. The van der Waals surface area contributed by atoms with Gasteiger partial charge in [0.15, 0.2) is 0 Å². The van der Waals surface area contributed by atoms with Crippen LogP contribution in [0.25, 0.3) is 0 Å². The van der Waals surface area contributed by atoms with E-state index in [0.717, 1.165) is 6.07 Å². The van der Waals surface area contributed by atoms with E-state index in [1.54, 1.807) is 6.07 Å². The first-order chi connectivity index (χ1) is 12.9. The van der Waals surface area contributed by atoms with Gasteiger partial charge in [0.2, 0.25) is 15.9 Å². The quantitative estimate of drug-likeness (QED) is 0.678. The molecule has 5 nitrogen and oxygen atoms in total. The Morgan fingerprint density at radius 3 is 2.43 bits per heavy atom. The summed E-state index contributed by atoms with van der Waals surface area (Å²) in [6.07, 6.45) is -4.77. The lowest BCUT2D eigenvalue weighted by Gasteiger charge is -2.16. The number of sulfonamides is 1. The van der Waals surface area contributed by atoms with Crippen LogP contribution in [0.3, 0.4) is 0 Å². The van der Waals surface area contributed by atoms with Crippen molar-refractivity contribution in [2.75, 3.05) is 0 Å². The fourth-order valence-electron chi connectivity index (χ4n) is 2.21. The average molecular weight is 439 g/mol. The molecule has 0 aliphatic rings. The van der Waals surface area contributed by atoms with E-state index < -0.39 is 49.4 Å². The van der Waals surface area contributed by atoms with E-state index in [9.17, 15) is 30.8 Å². The van der Waals surface area contributed by atoms with Gasteiger partial charge in [-0.25, -0.2) is 12.8 Å². The largest absolute Gasteiger partial charge is 0.416 e. The summed E-state index contributed by atoms with van der Waals surface area (Å²) >= 11 is 5.72. The third kappa shape index (κ3) is 5.43. The maximum Gasteiger partial charge on any atom is 0.416 e. The lowest BCUT2D eigenvalue weighted by Crippen LogP contribution is -2.44. The number of carbonyl (C=O) groups excluding carboxylic acids is 1. The molecule has 2 N–H and O–H groups in total. The van der Waals surface area contributed by atoms with E-state index in [1.807, 2.05) is 4.72 Å². The number of benzene rings is 2. The highest BCUT2D eigenvalue weighted by molar-refractivity contribution is 7.89. The highest BCUT2D eigenvalue weighted by atomic mass is 35.5. The summed E-state index contributed by atoms with van der Waals surface area (Å²) in [4.78, 5) is 11.3. The predicted molar refractivity (Wildman–Crippen MR) is 94.5 cm³/mol. The fourth-order valence-corrected chi connectivity index (χ4v) is 3.94. The van der Waals surface area contributed by atoms with E-state index in [4.69, 9.17) is 11.6 Å². The maximum atomic E-state index is 13.5. The van der Waals surface area contributed by atoms with Crippen LogP contribution in [0, 0.1) is 5.82 Å². The third-order valence-electron chi connectivity index (χ3n) is 3.68. The topological polar surface area (TPSA) is 75.3 Å². The van der Waals surface area contributed by atoms with Crippen LogP contribution in [-0.4, -0.2) is 20.4 Å². The first kappa shape index (κ1) is 22.1. The number of hydrogen-bond acceptors (Lipinski definition) is 3. The molecule has 152 valence electrons. The Balaban J connectivity index is 2.13. The minimum atomic E-state index is -4.77. The van der Waals surface area contributed by atoms with Crippen LogP contribution in [0.15, 0.2) is 47.4 Å². The number of nitrogens with one attached hydrogen (secondary N) is 2. The molecule has 2 aromatic rings. The molecule has 0 spiro atoms. The zero-order valence-electron chi connectivity index (χ0n) is 14.3. The first-order valence-electron chi connectivity index (χ1n) is 7.82. The van der Waals surface area contributed by atoms with Crippen LogP contribution < -0.4 is 10.0 Å². The van der Waals surface area contributed by atoms with Gasteiger partial charge in [-0.05, 0) is 31.2 Å². The summed E-state index contributed by atoms with van der Waals surface area (Å²) in [5.41, 5.74) is -1.01. The minimum Gasteiger partial charge on any atom is -0.351 e. The van der Waals surface area contributed by atoms with Crippen LogP contribution in [0.5, 0.6) is 0 Å². The highest BCUT2D eigenvalue weighted by Gasteiger charge is 2.33. The normalized spacial score (nSPS) is 13.2. The molecule has 1 amide bonds. The fraction of sp³-hybridized carbons (Fsp3) is 0.235. The van der Waals surface area contributed by atoms with E-state index >= 15 is 0 Å². The van der Waals surface area contributed by atoms with Gasteiger partial charge < -0.3 is 5.32 Å². The average Bonchev–Trinajstić information content (AvgIpc) is 2.59. The molecular weight excluding hydrogens is 424 g/mol. The summed E-state index contributed by atoms with van der Waals surface area (Å²) in [6, 6.07) is 6.16. The molecule has 0 aromatic heterocycles. The summed E-state index contributed by atoms with van der Waals surface area (Å²) in [5, 5.41) is 1.91. The van der Waals surface area contributed by atoms with Crippen LogP contribution in [0.1, 0.15) is 18.1 Å². The number of alkyl halides is 3. The zero-order chi connectivity index (χ0) is 21.1.